The van der Waals surface area contributed by atoms with Gasteiger partial charge in [0.2, 0.25) is 23.3 Å². The van der Waals surface area contributed by atoms with Gasteiger partial charge in [0, 0.05) is 43.6 Å². The van der Waals surface area contributed by atoms with E-state index in [1.54, 1.807) is 6.07 Å². The van der Waals surface area contributed by atoms with E-state index in [1.165, 1.54) is 35.4 Å². The van der Waals surface area contributed by atoms with Crippen LogP contribution >= 0.6 is 0 Å². The van der Waals surface area contributed by atoms with Crippen LogP contribution in [0.5, 0.6) is 0 Å². The quantitative estimate of drug-likeness (QED) is 0.0952. The highest BCUT2D eigenvalue weighted by molar-refractivity contribution is 6.06. The van der Waals surface area contributed by atoms with E-state index in [9.17, 15) is 41.5 Å². The van der Waals surface area contributed by atoms with Crippen molar-refractivity contribution in [3.63, 3.8) is 0 Å². The minimum atomic E-state index is -4.83. The number of rotatable bonds is 22. The van der Waals surface area contributed by atoms with E-state index < -0.39 is 54.6 Å². The van der Waals surface area contributed by atoms with Gasteiger partial charge in [0.1, 0.15) is 18.4 Å². The molecule has 1 fully saturated rings. The van der Waals surface area contributed by atoms with Crippen molar-refractivity contribution in [2.24, 2.45) is 0 Å². The summed E-state index contributed by atoms with van der Waals surface area (Å²) >= 11 is 0. The van der Waals surface area contributed by atoms with E-state index in [1.807, 2.05) is 6.92 Å². The summed E-state index contributed by atoms with van der Waals surface area (Å²) in [4.78, 5) is 65.8. The second-order valence-corrected chi connectivity index (χ2v) is 14.6. The number of alkyl halides is 3. The Balaban J connectivity index is 0.983. The summed E-state index contributed by atoms with van der Waals surface area (Å²) in [7, 11) is 0. The number of carbonyl (C=O) groups excluding carboxylic acids is 5. The number of carbonyl (C=O) groups is 5. The average Bonchev–Trinajstić information content (AvgIpc) is 3.69. The molecule has 2 aliphatic rings. The van der Waals surface area contributed by atoms with E-state index in [0.717, 1.165) is 25.5 Å². The van der Waals surface area contributed by atoms with Gasteiger partial charge in [-0.15, -0.1) is 0 Å². The smallest absolute Gasteiger partial charge is 0.418 e. The lowest BCUT2D eigenvalue weighted by atomic mass is 9.94. The molecule has 0 saturated carbocycles. The molecule has 13 nitrogen and oxygen atoms in total. The van der Waals surface area contributed by atoms with Crippen LogP contribution in [0.2, 0.25) is 0 Å². The number of fused-ring (bicyclic) bond motifs is 2. The molecule has 17 heteroatoms. The molecule has 1 heterocycles. The highest BCUT2D eigenvalue weighted by Crippen LogP contribution is 2.46. The zero-order valence-corrected chi connectivity index (χ0v) is 33.6. The maximum atomic E-state index is 13.8. The van der Waals surface area contributed by atoms with Crippen molar-refractivity contribution < 1.29 is 60.5 Å². The molecule has 324 valence electrons. The van der Waals surface area contributed by atoms with Crippen molar-refractivity contribution in [2.75, 3.05) is 58.0 Å². The molecule has 60 heavy (non-hydrogen) atoms. The third kappa shape index (κ3) is 12.6. The highest BCUT2D eigenvalue weighted by Gasteiger charge is 2.58. The second-order valence-electron chi connectivity index (χ2n) is 14.6. The van der Waals surface area contributed by atoms with Gasteiger partial charge in [-0.3, -0.25) is 19.2 Å². The molecular weight excluding hydrogens is 792 g/mol. The number of hydrogen-bond donors (Lipinski definition) is 2. The number of nitrogens with zero attached hydrogens (tertiary/aromatic N) is 2. The molecule has 5 rings (SSSR count). The fraction of sp³-hybridized carbons (Fsp3) is 0.465. The van der Waals surface area contributed by atoms with Gasteiger partial charge in [-0.1, -0.05) is 48.0 Å². The average molecular weight is 843 g/mol. The van der Waals surface area contributed by atoms with Crippen molar-refractivity contribution in [1.29, 1.82) is 0 Å². The molecule has 3 aromatic carbocycles. The number of ether oxygens (including phenoxy) is 4. The minimum absolute atomic E-state index is 0.0247. The Bertz CT molecular complexity index is 1960. The molecule has 3 aromatic rings. The fourth-order valence-electron chi connectivity index (χ4n) is 6.80. The molecule has 1 unspecified atom stereocenters. The summed E-state index contributed by atoms with van der Waals surface area (Å²) in [5.41, 5.74) is 2.25. The predicted molar refractivity (Wildman–Crippen MR) is 210 cm³/mol. The summed E-state index contributed by atoms with van der Waals surface area (Å²) in [6.07, 6.45) is -4.23. The first-order chi connectivity index (χ1) is 28.7. The molecular formula is C43H50F4N4O9. The van der Waals surface area contributed by atoms with Gasteiger partial charge < -0.3 is 34.5 Å². The van der Waals surface area contributed by atoms with Crippen molar-refractivity contribution in [3.05, 3.63) is 100 Å². The van der Waals surface area contributed by atoms with Crippen LogP contribution in [-0.2, 0) is 63.1 Å². The van der Waals surface area contributed by atoms with Gasteiger partial charge in [-0.05, 0) is 74.1 Å². The van der Waals surface area contributed by atoms with Crippen LogP contribution in [0.4, 0.5) is 28.0 Å². The summed E-state index contributed by atoms with van der Waals surface area (Å²) < 4.78 is 76.8. The first kappa shape index (κ1) is 45.7. The van der Waals surface area contributed by atoms with Crippen LogP contribution in [0.3, 0.4) is 0 Å². The Morgan fingerprint density at radius 3 is 2.20 bits per heavy atom. The normalized spacial score (nSPS) is 16.5. The number of hydrogen-bond acceptors (Lipinski definition) is 9. The Morgan fingerprint density at radius 1 is 0.867 bits per heavy atom. The highest BCUT2D eigenvalue weighted by atomic mass is 19.4. The number of anilines is 1. The molecule has 5 amide bonds. The van der Waals surface area contributed by atoms with E-state index in [0.29, 0.717) is 66.1 Å². The lowest BCUT2D eigenvalue weighted by Gasteiger charge is -2.31. The van der Waals surface area contributed by atoms with Gasteiger partial charge in [-0.2, -0.15) is 13.2 Å². The molecule has 0 bridgehead atoms. The van der Waals surface area contributed by atoms with Gasteiger partial charge >= 0.3 is 12.3 Å². The number of aryl methyl sites for hydroxylation is 2. The van der Waals surface area contributed by atoms with E-state index in [4.69, 9.17) is 18.9 Å². The standard InChI is InChI=1S/C43H50F4N4O9/c1-29-5-7-31(8-6-29)16-20-57-22-24-59-25-23-58-21-17-37(52)48-19-3-4-38(53)49-35-13-14-36-33(26-35)15-18-42(36)40(55)51(41(56)60-42)28-39(54)50(30(2)43(45,46)47)27-32-9-11-34(44)12-10-32/h5-14,26,30H,3-4,15-25,27-28H2,1-2H3,(H,48,52)(H,49,53)/t30-,42?/m0/s1. The molecule has 1 aliphatic carbocycles. The maximum Gasteiger partial charge on any atom is 0.418 e. The zero-order valence-electron chi connectivity index (χ0n) is 33.6. The third-order valence-corrected chi connectivity index (χ3v) is 10.2. The third-order valence-electron chi connectivity index (χ3n) is 10.2. The Hall–Kier alpha value is -5.39. The monoisotopic (exact) mass is 842 g/mol. The molecule has 1 aliphatic heterocycles. The Labute approximate surface area is 345 Å². The largest absolute Gasteiger partial charge is 0.427 e. The van der Waals surface area contributed by atoms with E-state index in [-0.39, 0.29) is 56.2 Å². The number of benzene rings is 3. The topological polar surface area (TPSA) is 153 Å². The zero-order chi connectivity index (χ0) is 43.3. The molecule has 0 aromatic heterocycles. The molecule has 1 saturated heterocycles. The van der Waals surface area contributed by atoms with Crippen LogP contribution in [0.25, 0.3) is 0 Å². The van der Waals surface area contributed by atoms with Crippen LogP contribution < -0.4 is 10.6 Å². The first-order valence-corrected chi connectivity index (χ1v) is 19.8. The van der Waals surface area contributed by atoms with Crippen LogP contribution in [0.1, 0.15) is 60.4 Å². The van der Waals surface area contributed by atoms with Crippen LogP contribution in [0.15, 0.2) is 66.7 Å². The maximum absolute atomic E-state index is 13.8. The summed E-state index contributed by atoms with van der Waals surface area (Å²) in [6, 6.07) is 15.3. The van der Waals surface area contributed by atoms with Crippen molar-refractivity contribution in [1.82, 2.24) is 15.1 Å². The number of imide groups is 1. The Kier molecular flexibility index (Phi) is 16.2. The van der Waals surface area contributed by atoms with Crippen LogP contribution in [0, 0.1) is 12.7 Å². The molecule has 0 radical (unpaired) electrons. The Morgan fingerprint density at radius 2 is 1.52 bits per heavy atom. The number of nitrogens with one attached hydrogen (secondary N) is 2. The number of halogens is 4. The predicted octanol–water partition coefficient (Wildman–Crippen LogP) is 5.75. The fourth-order valence-corrected chi connectivity index (χ4v) is 6.80. The molecule has 2 N–H and O–H groups in total. The lowest BCUT2D eigenvalue weighted by Crippen LogP contribution is -2.51. The van der Waals surface area contributed by atoms with Crippen molar-refractivity contribution >= 4 is 35.4 Å². The summed E-state index contributed by atoms with van der Waals surface area (Å²) in [5.74, 6) is -3.18. The van der Waals surface area contributed by atoms with E-state index in [2.05, 4.69) is 34.9 Å². The summed E-state index contributed by atoms with van der Waals surface area (Å²) in [6.45, 7) is 4.05. The van der Waals surface area contributed by atoms with Crippen molar-refractivity contribution in [2.45, 2.75) is 76.7 Å². The van der Waals surface area contributed by atoms with Gasteiger partial charge in [0.15, 0.2) is 0 Å². The SMILES string of the molecule is Cc1ccc(CCOCCOCCOCCC(=O)NCCCC(=O)Nc2ccc3c(c2)CCC32OC(=O)N(CC(=O)N(Cc3ccc(F)cc3)[C@@H](C)C(F)(F)F)C2=O)cc1. The van der Waals surface area contributed by atoms with Crippen molar-refractivity contribution in [3.8, 4) is 0 Å². The lowest BCUT2D eigenvalue weighted by molar-refractivity contribution is -0.187. The van der Waals surface area contributed by atoms with Gasteiger partial charge in [-0.25, -0.2) is 14.1 Å². The first-order valence-electron chi connectivity index (χ1n) is 19.8. The number of amides is 5. The van der Waals surface area contributed by atoms with Gasteiger partial charge in [0.05, 0.1) is 39.6 Å². The summed E-state index contributed by atoms with van der Waals surface area (Å²) in [5, 5.41) is 5.53. The van der Waals surface area contributed by atoms with Gasteiger partial charge in [0.25, 0.3) is 5.91 Å². The molecule has 1 spiro atoms. The second kappa shape index (κ2) is 21.2. The van der Waals surface area contributed by atoms with E-state index >= 15 is 0 Å². The van der Waals surface area contributed by atoms with Crippen LogP contribution in [-0.4, -0.2) is 104 Å². The minimum Gasteiger partial charge on any atom is -0.427 e. The molecule has 2 atom stereocenters.